The van der Waals surface area contributed by atoms with Crippen LogP contribution in [0.3, 0.4) is 0 Å². The molecule has 1 atom stereocenters. The topological polar surface area (TPSA) is 89.9 Å². The number of thiazole rings is 1. The van der Waals surface area contributed by atoms with E-state index in [1.165, 1.54) is 18.3 Å². The minimum atomic E-state index is -1.59. The van der Waals surface area contributed by atoms with Gasteiger partial charge in [0.2, 0.25) is 0 Å². The van der Waals surface area contributed by atoms with Crippen molar-refractivity contribution >= 4 is 45.0 Å². The predicted octanol–water partition coefficient (Wildman–Crippen LogP) is 6.95. The molecule has 0 bridgehead atoms. The number of carbonyl (C=O) groups is 1. The Hall–Kier alpha value is -4.07. The Morgan fingerprint density at radius 2 is 1.39 bits per heavy atom. The molecular weight excluding hydrogens is 558 g/mol. The minimum Gasteiger partial charge on any atom is -0.354 e. The van der Waals surface area contributed by atoms with Crippen LogP contribution in [0.2, 0.25) is 0 Å². The molecule has 0 aliphatic heterocycles. The van der Waals surface area contributed by atoms with Gasteiger partial charge < -0.3 is 14.9 Å². The summed E-state index contributed by atoms with van der Waals surface area (Å²) in [5.74, 6) is 0.0789. The zero-order valence-electron chi connectivity index (χ0n) is 23.1. The first kappa shape index (κ1) is 29.9. The number of hydrogen-bond donors (Lipinski definition) is 1. The first-order valence-electron chi connectivity index (χ1n) is 12.9. The van der Waals surface area contributed by atoms with Gasteiger partial charge in [-0.2, -0.15) is 0 Å². The first-order chi connectivity index (χ1) is 19.6. The molecule has 0 saturated carbocycles. The molecular formula is C32H30ClN3O4S. The average Bonchev–Trinajstić information content (AvgIpc) is 3.40. The lowest BCUT2D eigenvalue weighted by Gasteiger charge is -2.36. The number of hydrogen-bond acceptors (Lipinski definition) is 8. The van der Waals surface area contributed by atoms with Gasteiger partial charge in [-0.05, 0) is 49.1 Å². The second kappa shape index (κ2) is 12.6. The summed E-state index contributed by atoms with van der Waals surface area (Å²) in [5.41, 5.74) is 1.46. The van der Waals surface area contributed by atoms with Crippen LogP contribution in [0.5, 0.6) is 0 Å². The minimum absolute atomic E-state index is 0.203. The van der Waals surface area contributed by atoms with Gasteiger partial charge >= 0.3 is 0 Å². The Bertz CT molecular complexity index is 1450. The highest BCUT2D eigenvalue weighted by atomic mass is 35.5. The monoisotopic (exact) mass is 587 g/mol. The van der Waals surface area contributed by atoms with E-state index in [9.17, 15) is 9.59 Å². The number of rotatable bonds is 11. The molecule has 0 aliphatic rings. The van der Waals surface area contributed by atoms with E-state index in [1.54, 1.807) is 32.1 Å². The summed E-state index contributed by atoms with van der Waals surface area (Å²) in [4.78, 5) is 33.8. The number of benzene rings is 3. The highest BCUT2D eigenvalue weighted by Gasteiger charge is 2.37. The number of nitrogens with zero attached hydrogens (tertiary/aromatic N) is 2. The molecule has 0 radical (unpaired) electrons. The summed E-state index contributed by atoms with van der Waals surface area (Å²) >= 11 is 7.20. The standard InChI is InChI=1S/C32H30ClN3O4S/c1-30(2,3)39-31(4,20-21-37)40-36-27(28(33)38)26-22-41-29(34-26)35-32(23-14-8-5-9-15-23,24-16-10-6-11-17-24)25-18-12-7-13-19-25/h5-20,22H,1-4H3,(H,34,35). The van der Waals surface area contributed by atoms with E-state index in [0.717, 1.165) is 22.8 Å². The highest BCUT2D eigenvalue weighted by Crippen LogP contribution is 2.40. The van der Waals surface area contributed by atoms with E-state index in [0.29, 0.717) is 5.13 Å². The van der Waals surface area contributed by atoms with Crippen molar-refractivity contribution < 1.29 is 19.2 Å². The Kier molecular flexibility index (Phi) is 9.21. The number of carbonyl (C=O) groups excluding carboxylic acids is 2. The van der Waals surface area contributed by atoms with Crippen LogP contribution >= 0.6 is 22.9 Å². The molecule has 0 fully saturated rings. The van der Waals surface area contributed by atoms with E-state index in [2.05, 4.69) is 51.9 Å². The Balaban J connectivity index is 1.78. The zero-order valence-corrected chi connectivity index (χ0v) is 24.7. The summed E-state index contributed by atoms with van der Waals surface area (Å²) in [6, 6.07) is 30.2. The largest absolute Gasteiger partial charge is 0.354 e. The third-order valence-electron chi connectivity index (χ3n) is 6.00. The van der Waals surface area contributed by atoms with Crippen molar-refractivity contribution in [1.82, 2.24) is 4.98 Å². The normalized spacial score (nSPS) is 13.5. The molecule has 4 rings (SSSR count). The van der Waals surface area contributed by atoms with E-state index in [-0.39, 0.29) is 11.4 Å². The van der Waals surface area contributed by atoms with Crippen LogP contribution in [0.4, 0.5) is 5.13 Å². The van der Waals surface area contributed by atoms with Gasteiger partial charge in [-0.3, -0.25) is 4.79 Å². The quantitative estimate of drug-likeness (QED) is 0.0510. The second-order valence-corrected chi connectivity index (χ2v) is 11.5. The Morgan fingerprint density at radius 1 is 0.902 bits per heavy atom. The summed E-state index contributed by atoms with van der Waals surface area (Å²) in [6.45, 7) is 6.87. The molecule has 0 spiro atoms. The molecule has 1 aromatic heterocycles. The fourth-order valence-electron chi connectivity index (χ4n) is 4.49. The first-order valence-corrected chi connectivity index (χ1v) is 14.1. The molecule has 3 aromatic carbocycles. The fraction of sp³-hybridized carbons (Fsp3) is 0.219. The van der Waals surface area contributed by atoms with Gasteiger partial charge in [0, 0.05) is 12.3 Å². The molecule has 41 heavy (non-hydrogen) atoms. The molecule has 9 heteroatoms. The van der Waals surface area contributed by atoms with Gasteiger partial charge in [0.05, 0.1) is 11.7 Å². The van der Waals surface area contributed by atoms with Gasteiger partial charge in [-0.25, -0.2) is 9.78 Å². The van der Waals surface area contributed by atoms with Crippen molar-refractivity contribution in [3.63, 3.8) is 0 Å². The summed E-state index contributed by atoms with van der Waals surface area (Å²) in [7, 11) is 0. The van der Waals surface area contributed by atoms with Crippen molar-refractivity contribution in [2.75, 3.05) is 5.32 Å². The maximum atomic E-state index is 12.4. The smallest absolute Gasteiger partial charge is 0.276 e. The van der Waals surface area contributed by atoms with E-state index < -0.39 is 22.2 Å². The average molecular weight is 588 g/mol. The maximum Gasteiger partial charge on any atom is 0.276 e. The van der Waals surface area contributed by atoms with Crippen LogP contribution in [-0.4, -0.2) is 33.3 Å². The molecule has 1 N–H and O–H groups in total. The van der Waals surface area contributed by atoms with Crippen molar-refractivity contribution in [3.8, 4) is 0 Å². The third kappa shape index (κ3) is 7.17. The second-order valence-electron chi connectivity index (χ2n) is 10.3. The molecule has 1 heterocycles. The third-order valence-corrected chi connectivity index (χ3v) is 6.93. The van der Waals surface area contributed by atoms with Gasteiger partial charge in [0.25, 0.3) is 11.0 Å². The van der Waals surface area contributed by atoms with Crippen molar-refractivity contribution in [3.05, 3.63) is 125 Å². The lowest BCUT2D eigenvalue weighted by molar-refractivity contribution is -0.238. The van der Waals surface area contributed by atoms with Crippen LogP contribution in [0.15, 0.2) is 108 Å². The lowest BCUT2D eigenvalue weighted by Crippen LogP contribution is -2.38. The van der Waals surface area contributed by atoms with Crippen molar-refractivity contribution in [1.29, 1.82) is 0 Å². The van der Waals surface area contributed by atoms with Gasteiger partial charge in [-0.1, -0.05) is 96.2 Å². The molecule has 0 saturated heterocycles. The SMILES string of the molecule is CC(C)(C)OC(C)(C=C=O)ON=C(C(=O)Cl)c1csc(NC(c2ccccc2)(c2ccccc2)c2ccccc2)n1. The lowest BCUT2D eigenvalue weighted by atomic mass is 9.77. The molecule has 7 nitrogen and oxygen atoms in total. The fourth-order valence-corrected chi connectivity index (χ4v) is 5.37. The van der Waals surface area contributed by atoms with Gasteiger partial charge in [0.15, 0.2) is 10.8 Å². The molecule has 0 amide bonds. The Morgan fingerprint density at radius 3 is 1.80 bits per heavy atom. The molecule has 1 unspecified atom stereocenters. The number of aromatic nitrogens is 1. The summed E-state index contributed by atoms with van der Waals surface area (Å²) in [6.07, 6.45) is 1.04. The van der Waals surface area contributed by atoms with Crippen LogP contribution in [0.25, 0.3) is 0 Å². The van der Waals surface area contributed by atoms with Crippen LogP contribution in [-0.2, 0) is 24.7 Å². The number of halogens is 1. The summed E-state index contributed by atoms with van der Waals surface area (Å²) in [5, 5.41) is 8.92. The predicted molar refractivity (Wildman–Crippen MR) is 163 cm³/mol. The number of nitrogens with one attached hydrogen (secondary N) is 1. The van der Waals surface area contributed by atoms with Crippen LogP contribution in [0.1, 0.15) is 50.1 Å². The van der Waals surface area contributed by atoms with E-state index in [1.807, 2.05) is 54.6 Å². The van der Waals surface area contributed by atoms with Crippen LogP contribution in [0, 0.1) is 0 Å². The van der Waals surface area contributed by atoms with E-state index >= 15 is 0 Å². The van der Waals surface area contributed by atoms with Gasteiger partial charge in [-0.15, -0.1) is 11.3 Å². The number of ether oxygens (including phenoxy) is 1. The molecule has 4 aromatic rings. The maximum absolute atomic E-state index is 12.4. The van der Waals surface area contributed by atoms with Crippen molar-refractivity contribution in [2.45, 2.75) is 44.6 Å². The number of oxime groups is 1. The Labute approximate surface area is 248 Å². The van der Waals surface area contributed by atoms with E-state index in [4.69, 9.17) is 21.2 Å². The van der Waals surface area contributed by atoms with Crippen LogP contribution < -0.4 is 5.32 Å². The van der Waals surface area contributed by atoms with Crippen molar-refractivity contribution in [2.24, 2.45) is 5.16 Å². The molecule has 0 aliphatic carbocycles. The van der Waals surface area contributed by atoms with Gasteiger partial charge in [0.1, 0.15) is 17.2 Å². The molecule has 210 valence electrons. The summed E-state index contributed by atoms with van der Waals surface area (Å²) < 4.78 is 5.82. The number of anilines is 1. The zero-order chi connectivity index (χ0) is 29.5. The highest BCUT2D eigenvalue weighted by molar-refractivity contribution is 7.14.